The van der Waals surface area contributed by atoms with Crippen molar-refractivity contribution in [3.05, 3.63) is 23.8 Å². The zero-order chi connectivity index (χ0) is 14.8. The second-order valence-corrected chi connectivity index (χ2v) is 5.70. The highest BCUT2D eigenvalue weighted by molar-refractivity contribution is 7.99. The Kier molecular flexibility index (Phi) is 8.49. The summed E-state index contributed by atoms with van der Waals surface area (Å²) in [5.74, 6) is 3.76. The number of nitrogens with one attached hydrogen (secondary N) is 1. The monoisotopic (exact) mass is 299 g/mol. The molecule has 0 spiro atoms. The molecule has 0 aliphatic carbocycles. The highest BCUT2D eigenvalue weighted by Gasteiger charge is 2.12. The fraction of sp³-hybridized carbons (Fsp3) is 0.600. The predicted molar refractivity (Wildman–Crippen MR) is 85.0 cm³/mol. The lowest BCUT2D eigenvalue weighted by atomic mass is 10.1. The molecular weight excluding hydrogens is 274 g/mol. The van der Waals surface area contributed by atoms with E-state index in [2.05, 4.69) is 12.2 Å². The zero-order valence-corrected chi connectivity index (χ0v) is 13.3. The Morgan fingerprint density at radius 1 is 1.25 bits per heavy atom. The van der Waals surface area contributed by atoms with Crippen molar-refractivity contribution in [3.63, 3.8) is 0 Å². The minimum absolute atomic E-state index is 0.207. The number of hydrogen-bond acceptors (Lipinski definition) is 5. The molecule has 1 aromatic rings. The molecule has 1 atom stereocenters. The summed E-state index contributed by atoms with van der Waals surface area (Å²) in [4.78, 5) is 0. The molecule has 0 bridgehead atoms. The molecule has 4 nitrogen and oxygen atoms in total. The molecule has 1 unspecified atom stereocenters. The first-order chi connectivity index (χ1) is 9.72. The predicted octanol–water partition coefficient (Wildman–Crippen LogP) is 2.47. The van der Waals surface area contributed by atoms with Crippen LogP contribution in [0.4, 0.5) is 0 Å². The van der Waals surface area contributed by atoms with Gasteiger partial charge in [-0.05, 0) is 37.3 Å². The van der Waals surface area contributed by atoms with Gasteiger partial charge in [0, 0.05) is 30.5 Å². The van der Waals surface area contributed by atoms with Crippen LogP contribution in [0.2, 0.25) is 0 Å². The average molecular weight is 299 g/mol. The van der Waals surface area contributed by atoms with Gasteiger partial charge >= 0.3 is 0 Å². The summed E-state index contributed by atoms with van der Waals surface area (Å²) in [6, 6.07) is 6.05. The van der Waals surface area contributed by atoms with Crippen LogP contribution in [0.25, 0.3) is 0 Å². The normalized spacial score (nSPS) is 12.2. The van der Waals surface area contributed by atoms with Crippen molar-refractivity contribution in [3.8, 4) is 11.5 Å². The molecular formula is C15H25NO3S. The van der Waals surface area contributed by atoms with Gasteiger partial charge in [-0.15, -0.1) is 0 Å². The van der Waals surface area contributed by atoms with Crippen LogP contribution in [-0.4, -0.2) is 44.0 Å². The lowest BCUT2D eigenvalue weighted by Gasteiger charge is -2.18. The largest absolute Gasteiger partial charge is 0.497 e. The van der Waals surface area contributed by atoms with Crippen molar-refractivity contribution in [2.75, 3.05) is 38.9 Å². The van der Waals surface area contributed by atoms with E-state index in [1.54, 1.807) is 14.2 Å². The van der Waals surface area contributed by atoms with Gasteiger partial charge in [-0.2, -0.15) is 11.8 Å². The lowest BCUT2D eigenvalue weighted by Crippen LogP contribution is -2.22. The maximum atomic E-state index is 8.71. The van der Waals surface area contributed by atoms with Gasteiger partial charge in [0.25, 0.3) is 0 Å². The molecule has 0 saturated carbocycles. The van der Waals surface area contributed by atoms with E-state index < -0.39 is 0 Å². The smallest absolute Gasteiger partial charge is 0.123 e. The number of hydrogen-bond donors (Lipinski definition) is 2. The molecule has 0 aliphatic heterocycles. The number of aliphatic hydroxyl groups is 1. The Bertz CT molecular complexity index is 387. The molecule has 20 heavy (non-hydrogen) atoms. The molecule has 0 aromatic heterocycles. The molecule has 114 valence electrons. The fourth-order valence-corrected chi connectivity index (χ4v) is 2.70. The molecule has 1 rings (SSSR count). The van der Waals surface area contributed by atoms with Gasteiger partial charge in [0.2, 0.25) is 0 Å². The van der Waals surface area contributed by atoms with Crippen molar-refractivity contribution in [1.82, 2.24) is 5.32 Å². The summed E-state index contributed by atoms with van der Waals surface area (Å²) in [5.41, 5.74) is 1.10. The topological polar surface area (TPSA) is 50.7 Å². The summed E-state index contributed by atoms with van der Waals surface area (Å²) >= 11 is 1.85. The first-order valence-electron chi connectivity index (χ1n) is 6.86. The highest BCUT2D eigenvalue weighted by atomic mass is 32.2. The number of benzene rings is 1. The van der Waals surface area contributed by atoms with E-state index in [1.807, 2.05) is 30.0 Å². The van der Waals surface area contributed by atoms with E-state index in [9.17, 15) is 0 Å². The van der Waals surface area contributed by atoms with Crippen molar-refractivity contribution < 1.29 is 14.6 Å². The number of ether oxygens (including phenoxy) is 2. The number of rotatable bonds is 10. The molecule has 2 N–H and O–H groups in total. The van der Waals surface area contributed by atoms with Crippen molar-refractivity contribution in [1.29, 1.82) is 0 Å². The Balaban J connectivity index is 2.47. The molecule has 0 saturated heterocycles. The average Bonchev–Trinajstić information content (AvgIpc) is 2.49. The van der Waals surface area contributed by atoms with Crippen molar-refractivity contribution in [2.24, 2.45) is 0 Å². The van der Waals surface area contributed by atoms with Gasteiger partial charge in [-0.3, -0.25) is 0 Å². The SMILES string of the molecule is COc1ccc(OC)c(C(C)NCCSCCCO)c1. The van der Waals surface area contributed by atoms with Crippen LogP contribution in [0.5, 0.6) is 11.5 Å². The second kappa shape index (κ2) is 9.91. The van der Waals surface area contributed by atoms with Crippen LogP contribution in [0.15, 0.2) is 18.2 Å². The van der Waals surface area contributed by atoms with Gasteiger partial charge in [0.05, 0.1) is 14.2 Å². The Morgan fingerprint density at radius 3 is 2.70 bits per heavy atom. The summed E-state index contributed by atoms with van der Waals surface area (Å²) in [7, 11) is 3.35. The minimum Gasteiger partial charge on any atom is -0.497 e. The molecule has 0 radical (unpaired) electrons. The molecule has 1 aromatic carbocycles. The minimum atomic E-state index is 0.207. The highest BCUT2D eigenvalue weighted by Crippen LogP contribution is 2.29. The summed E-state index contributed by atoms with van der Waals surface area (Å²) in [6.45, 7) is 3.32. The first-order valence-corrected chi connectivity index (χ1v) is 8.02. The van der Waals surface area contributed by atoms with E-state index in [-0.39, 0.29) is 12.6 Å². The second-order valence-electron chi connectivity index (χ2n) is 4.47. The first kappa shape index (κ1) is 17.1. The van der Waals surface area contributed by atoms with Gasteiger partial charge < -0.3 is 19.9 Å². The summed E-state index contributed by atoms with van der Waals surface area (Å²) < 4.78 is 10.7. The van der Waals surface area contributed by atoms with Crippen molar-refractivity contribution >= 4 is 11.8 Å². The Labute approximate surface area is 125 Å². The molecule has 0 amide bonds. The Morgan fingerprint density at radius 2 is 2.05 bits per heavy atom. The molecule has 5 heteroatoms. The number of thioether (sulfide) groups is 1. The standard InChI is InChI=1S/C15H25NO3S/c1-12(16-7-10-20-9-4-8-17)14-11-13(18-2)5-6-15(14)19-3/h5-6,11-12,16-17H,4,7-10H2,1-3H3. The zero-order valence-electron chi connectivity index (χ0n) is 12.5. The maximum absolute atomic E-state index is 8.71. The van der Waals surface area contributed by atoms with E-state index in [0.29, 0.717) is 0 Å². The lowest BCUT2D eigenvalue weighted by molar-refractivity contribution is 0.296. The Hall–Kier alpha value is -0.910. The van der Waals surface area contributed by atoms with Gasteiger partial charge in [-0.25, -0.2) is 0 Å². The molecule has 0 fully saturated rings. The molecule has 0 heterocycles. The number of methoxy groups -OCH3 is 2. The van der Waals surface area contributed by atoms with Crippen LogP contribution in [0, 0.1) is 0 Å². The van der Waals surface area contributed by atoms with Crippen molar-refractivity contribution in [2.45, 2.75) is 19.4 Å². The van der Waals surface area contributed by atoms with E-state index in [4.69, 9.17) is 14.6 Å². The third kappa shape index (κ3) is 5.61. The van der Waals surface area contributed by atoms with E-state index in [1.165, 1.54) is 0 Å². The van der Waals surface area contributed by atoms with Crippen LogP contribution < -0.4 is 14.8 Å². The van der Waals surface area contributed by atoms with Gasteiger partial charge in [0.15, 0.2) is 0 Å². The van der Waals surface area contributed by atoms with E-state index in [0.717, 1.165) is 41.5 Å². The third-order valence-electron chi connectivity index (χ3n) is 3.05. The van der Waals surface area contributed by atoms with Crippen LogP contribution in [0.3, 0.4) is 0 Å². The van der Waals surface area contributed by atoms with Gasteiger partial charge in [-0.1, -0.05) is 0 Å². The molecule has 0 aliphatic rings. The fourth-order valence-electron chi connectivity index (χ4n) is 1.90. The summed E-state index contributed by atoms with van der Waals surface area (Å²) in [6.07, 6.45) is 0.865. The van der Waals surface area contributed by atoms with E-state index >= 15 is 0 Å². The summed E-state index contributed by atoms with van der Waals surface area (Å²) in [5, 5.41) is 12.2. The number of aliphatic hydroxyl groups excluding tert-OH is 1. The quantitative estimate of drug-likeness (QED) is 0.650. The third-order valence-corrected chi connectivity index (χ3v) is 4.12. The van der Waals surface area contributed by atoms with Crippen LogP contribution >= 0.6 is 11.8 Å². The van der Waals surface area contributed by atoms with Crippen LogP contribution in [0.1, 0.15) is 24.9 Å². The van der Waals surface area contributed by atoms with Gasteiger partial charge in [0.1, 0.15) is 11.5 Å². The maximum Gasteiger partial charge on any atom is 0.123 e. The van der Waals surface area contributed by atoms with Crippen LogP contribution in [-0.2, 0) is 0 Å².